The van der Waals surface area contributed by atoms with Gasteiger partial charge in [-0.15, -0.1) is 0 Å². The largest absolute Gasteiger partial charge is 0.324 e. The molecule has 3 N–H and O–H groups in total. The maximum Gasteiger partial charge on any atom is 0.244 e. The first-order chi connectivity index (χ1) is 8.89. The van der Waals surface area contributed by atoms with Crippen molar-refractivity contribution in [3.05, 3.63) is 28.2 Å². The first-order valence-electron chi connectivity index (χ1n) is 6.45. The Hall–Kier alpha value is -0.770. The van der Waals surface area contributed by atoms with Crippen LogP contribution >= 0.6 is 23.2 Å². The molecule has 0 radical (unpaired) electrons. The van der Waals surface area contributed by atoms with Crippen molar-refractivity contribution in [2.45, 2.75) is 38.1 Å². The van der Waals surface area contributed by atoms with Gasteiger partial charge in [0.25, 0.3) is 0 Å². The quantitative estimate of drug-likeness (QED) is 0.872. The monoisotopic (exact) mass is 300 g/mol. The summed E-state index contributed by atoms with van der Waals surface area (Å²) in [4.78, 5) is 12.3. The van der Waals surface area contributed by atoms with Gasteiger partial charge in [-0.05, 0) is 37.0 Å². The highest BCUT2D eigenvalue weighted by Gasteiger charge is 2.37. The SMILES string of the molecule is CC1CCCC(N)(C(=O)Nc2cc(Cl)cc(Cl)c2)C1. The molecule has 0 saturated heterocycles. The van der Waals surface area contributed by atoms with Crippen molar-refractivity contribution in [3.63, 3.8) is 0 Å². The number of hydrogen-bond acceptors (Lipinski definition) is 2. The molecule has 1 aliphatic rings. The molecule has 5 heteroatoms. The lowest BCUT2D eigenvalue weighted by Gasteiger charge is -2.35. The van der Waals surface area contributed by atoms with E-state index in [9.17, 15) is 4.79 Å². The molecule has 2 rings (SSSR count). The second-order valence-corrected chi connectivity index (χ2v) is 6.34. The van der Waals surface area contributed by atoms with Gasteiger partial charge in [-0.2, -0.15) is 0 Å². The topological polar surface area (TPSA) is 55.1 Å². The van der Waals surface area contributed by atoms with Gasteiger partial charge in [-0.25, -0.2) is 0 Å². The smallest absolute Gasteiger partial charge is 0.244 e. The number of nitrogens with one attached hydrogen (secondary N) is 1. The summed E-state index contributed by atoms with van der Waals surface area (Å²) in [5.41, 5.74) is 6.04. The number of carbonyl (C=O) groups excluding carboxylic acids is 1. The molecule has 1 amide bonds. The van der Waals surface area contributed by atoms with Crippen molar-refractivity contribution in [2.24, 2.45) is 11.7 Å². The molecule has 1 fully saturated rings. The minimum atomic E-state index is -0.785. The average Bonchev–Trinajstić information content (AvgIpc) is 2.26. The fraction of sp³-hybridized carbons (Fsp3) is 0.500. The van der Waals surface area contributed by atoms with Crippen LogP contribution in [0.15, 0.2) is 18.2 Å². The van der Waals surface area contributed by atoms with Crippen LogP contribution in [-0.2, 0) is 4.79 Å². The molecule has 0 heterocycles. The molecule has 19 heavy (non-hydrogen) atoms. The van der Waals surface area contributed by atoms with E-state index >= 15 is 0 Å². The number of rotatable bonds is 2. The standard InChI is InChI=1S/C14H18Cl2N2O/c1-9-3-2-4-14(17,8-9)13(19)18-12-6-10(15)5-11(16)7-12/h5-7,9H,2-4,8,17H2,1H3,(H,18,19). The molecule has 1 aromatic rings. The Morgan fingerprint density at radius 3 is 2.58 bits per heavy atom. The number of nitrogens with two attached hydrogens (primary N) is 1. The Kier molecular flexibility index (Phi) is 4.39. The molecule has 1 aromatic carbocycles. The molecule has 0 spiro atoms. The second kappa shape index (κ2) is 5.70. The second-order valence-electron chi connectivity index (χ2n) is 5.47. The number of halogens is 2. The summed E-state index contributed by atoms with van der Waals surface area (Å²) in [7, 11) is 0. The molecular weight excluding hydrogens is 283 g/mol. The summed E-state index contributed by atoms with van der Waals surface area (Å²) in [6.45, 7) is 2.13. The maximum absolute atomic E-state index is 12.3. The minimum Gasteiger partial charge on any atom is -0.324 e. The van der Waals surface area contributed by atoms with Gasteiger partial charge in [0.2, 0.25) is 5.91 Å². The van der Waals surface area contributed by atoms with Gasteiger partial charge in [-0.3, -0.25) is 4.79 Å². The highest BCUT2D eigenvalue weighted by atomic mass is 35.5. The molecule has 2 atom stereocenters. The third kappa shape index (κ3) is 3.62. The van der Waals surface area contributed by atoms with Gasteiger partial charge in [0.05, 0.1) is 5.54 Å². The van der Waals surface area contributed by atoms with E-state index in [1.807, 2.05) is 0 Å². The number of carbonyl (C=O) groups is 1. The summed E-state index contributed by atoms with van der Waals surface area (Å²) in [5, 5.41) is 3.80. The van der Waals surface area contributed by atoms with Crippen LogP contribution in [0.1, 0.15) is 32.6 Å². The highest BCUT2D eigenvalue weighted by Crippen LogP contribution is 2.32. The molecule has 0 aromatic heterocycles. The number of amides is 1. The van der Waals surface area contributed by atoms with Crippen molar-refractivity contribution in [3.8, 4) is 0 Å². The van der Waals surface area contributed by atoms with Crippen LogP contribution in [0.4, 0.5) is 5.69 Å². The molecule has 0 bridgehead atoms. The zero-order chi connectivity index (χ0) is 14.0. The van der Waals surface area contributed by atoms with Gasteiger partial charge in [0.1, 0.15) is 0 Å². The van der Waals surface area contributed by atoms with Crippen LogP contribution in [0.2, 0.25) is 10.0 Å². The molecule has 104 valence electrons. The summed E-state index contributed by atoms with van der Waals surface area (Å²) in [6.07, 6.45) is 3.56. The fourth-order valence-corrected chi connectivity index (χ4v) is 3.21. The van der Waals surface area contributed by atoms with Gasteiger partial charge in [0.15, 0.2) is 0 Å². The Morgan fingerprint density at radius 2 is 2.00 bits per heavy atom. The normalized spacial score (nSPS) is 27.1. The predicted octanol–water partition coefficient (Wildman–Crippen LogP) is 3.84. The van der Waals surface area contributed by atoms with Gasteiger partial charge in [-0.1, -0.05) is 43.0 Å². The van der Waals surface area contributed by atoms with Gasteiger partial charge < -0.3 is 11.1 Å². The zero-order valence-electron chi connectivity index (χ0n) is 10.9. The zero-order valence-corrected chi connectivity index (χ0v) is 12.4. The predicted molar refractivity (Wildman–Crippen MR) is 79.6 cm³/mol. The van der Waals surface area contributed by atoms with E-state index in [2.05, 4.69) is 12.2 Å². The number of anilines is 1. The van der Waals surface area contributed by atoms with Crippen molar-refractivity contribution < 1.29 is 4.79 Å². The van der Waals surface area contributed by atoms with Crippen LogP contribution in [0.3, 0.4) is 0 Å². The Balaban J connectivity index is 2.11. The Morgan fingerprint density at radius 1 is 1.37 bits per heavy atom. The molecule has 1 saturated carbocycles. The fourth-order valence-electron chi connectivity index (χ4n) is 2.68. The van der Waals surface area contributed by atoms with E-state index in [-0.39, 0.29) is 5.91 Å². The van der Waals surface area contributed by atoms with Crippen LogP contribution in [0, 0.1) is 5.92 Å². The molecule has 1 aliphatic carbocycles. The lowest BCUT2D eigenvalue weighted by atomic mass is 9.76. The summed E-state index contributed by atoms with van der Waals surface area (Å²) < 4.78 is 0. The summed E-state index contributed by atoms with van der Waals surface area (Å²) in [6, 6.07) is 4.96. The Labute approximate surface area is 123 Å². The van der Waals surface area contributed by atoms with E-state index in [1.54, 1.807) is 18.2 Å². The van der Waals surface area contributed by atoms with E-state index in [4.69, 9.17) is 28.9 Å². The van der Waals surface area contributed by atoms with Crippen molar-refractivity contribution in [2.75, 3.05) is 5.32 Å². The third-order valence-electron chi connectivity index (χ3n) is 3.61. The van der Waals surface area contributed by atoms with Crippen molar-refractivity contribution >= 4 is 34.8 Å². The molecule has 3 nitrogen and oxygen atoms in total. The third-order valence-corrected chi connectivity index (χ3v) is 4.04. The van der Waals surface area contributed by atoms with E-state index in [0.29, 0.717) is 28.1 Å². The van der Waals surface area contributed by atoms with E-state index in [1.165, 1.54) is 0 Å². The van der Waals surface area contributed by atoms with Crippen molar-refractivity contribution in [1.82, 2.24) is 0 Å². The van der Waals surface area contributed by atoms with E-state index < -0.39 is 5.54 Å². The Bertz CT molecular complexity index is 472. The van der Waals surface area contributed by atoms with Crippen molar-refractivity contribution in [1.29, 1.82) is 0 Å². The van der Waals surface area contributed by atoms with E-state index in [0.717, 1.165) is 19.3 Å². The highest BCUT2D eigenvalue weighted by molar-refractivity contribution is 6.35. The lowest BCUT2D eigenvalue weighted by Crippen LogP contribution is -2.53. The molecular formula is C14H18Cl2N2O. The van der Waals surface area contributed by atoms with Crippen LogP contribution in [0.5, 0.6) is 0 Å². The van der Waals surface area contributed by atoms with Gasteiger partial charge in [0, 0.05) is 15.7 Å². The van der Waals surface area contributed by atoms with Crippen LogP contribution in [0.25, 0.3) is 0 Å². The lowest BCUT2D eigenvalue weighted by molar-refractivity contribution is -0.122. The number of hydrogen-bond donors (Lipinski definition) is 2. The summed E-state index contributed by atoms with van der Waals surface area (Å²) >= 11 is 11.8. The average molecular weight is 301 g/mol. The molecule has 2 unspecified atom stereocenters. The first kappa shape index (κ1) is 14.6. The molecule has 0 aliphatic heterocycles. The van der Waals surface area contributed by atoms with Crippen LogP contribution in [-0.4, -0.2) is 11.4 Å². The number of benzene rings is 1. The van der Waals surface area contributed by atoms with Gasteiger partial charge >= 0.3 is 0 Å². The van der Waals surface area contributed by atoms with Crippen LogP contribution < -0.4 is 11.1 Å². The maximum atomic E-state index is 12.3. The summed E-state index contributed by atoms with van der Waals surface area (Å²) in [5.74, 6) is 0.324. The first-order valence-corrected chi connectivity index (χ1v) is 7.21. The minimum absolute atomic E-state index is 0.155.